The molecule has 1 unspecified atom stereocenters. The predicted molar refractivity (Wildman–Crippen MR) is 69.3 cm³/mol. The zero-order valence-corrected chi connectivity index (χ0v) is 12.9. The molecular formula is C13H13FO5Se. The summed E-state index contributed by atoms with van der Waals surface area (Å²) in [4.78, 5) is 22.5. The first-order valence-electron chi connectivity index (χ1n) is 5.74. The molecule has 0 aliphatic carbocycles. The third kappa shape index (κ3) is 2.39. The van der Waals surface area contributed by atoms with Gasteiger partial charge in [0.05, 0.1) is 0 Å². The van der Waals surface area contributed by atoms with Gasteiger partial charge in [-0.3, -0.25) is 0 Å². The molecule has 5 nitrogen and oxygen atoms in total. The molecule has 7 heteroatoms. The van der Waals surface area contributed by atoms with Crippen LogP contribution in [-0.4, -0.2) is 48.0 Å². The average molecular weight is 347 g/mol. The van der Waals surface area contributed by atoms with E-state index >= 15 is 0 Å². The van der Waals surface area contributed by atoms with E-state index in [-0.39, 0.29) is 27.2 Å². The number of carbonyl (C=O) groups excluding carboxylic acids is 2. The number of Topliss-reactive ketones (excluding diaryl/α,β-unsaturated/α-hetero) is 1. The Morgan fingerprint density at radius 1 is 1.30 bits per heavy atom. The molecule has 1 aliphatic rings. The Hall–Kier alpha value is -1.59. The Morgan fingerprint density at radius 3 is 2.55 bits per heavy atom. The summed E-state index contributed by atoms with van der Waals surface area (Å²) in [5.74, 6) is -0.667. The van der Waals surface area contributed by atoms with Crippen molar-refractivity contribution in [2.24, 2.45) is 0 Å². The second-order valence-electron chi connectivity index (χ2n) is 4.05. The van der Waals surface area contributed by atoms with E-state index in [1.807, 2.05) is 0 Å². The molecule has 0 saturated carbocycles. The Bertz CT molecular complexity index is 572. The second kappa shape index (κ2) is 5.81. The van der Waals surface area contributed by atoms with E-state index in [1.54, 1.807) is 0 Å². The summed E-state index contributed by atoms with van der Waals surface area (Å²) in [6.07, 6.45) is -0.337. The molecule has 0 N–H and O–H groups in total. The van der Waals surface area contributed by atoms with Crippen molar-refractivity contribution in [1.29, 1.82) is 0 Å². The molecule has 1 atom stereocenters. The number of ether oxygens (including phenoxy) is 3. The SMILES string of the molecule is COC(=O)CC(=O)C1[Se]c2c(OC)c(OC)cc(F)c21. The maximum atomic E-state index is 14.0. The molecule has 2 rings (SSSR count). The van der Waals surface area contributed by atoms with Crippen molar-refractivity contribution < 1.29 is 28.2 Å². The van der Waals surface area contributed by atoms with Gasteiger partial charge in [-0.25, -0.2) is 0 Å². The molecule has 1 aliphatic heterocycles. The van der Waals surface area contributed by atoms with Gasteiger partial charge < -0.3 is 0 Å². The third-order valence-corrected chi connectivity index (χ3v) is 5.84. The molecule has 1 heterocycles. The zero-order valence-electron chi connectivity index (χ0n) is 11.2. The van der Waals surface area contributed by atoms with Crippen LogP contribution >= 0.6 is 0 Å². The summed E-state index contributed by atoms with van der Waals surface area (Å²) in [5, 5.41) is 0. The minimum absolute atomic E-state index is 0.277. The van der Waals surface area contributed by atoms with E-state index in [1.165, 1.54) is 27.4 Å². The molecule has 20 heavy (non-hydrogen) atoms. The second-order valence-corrected chi connectivity index (χ2v) is 6.39. The van der Waals surface area contributed by atoms with Gasteiger partial charge in [0.15, 0.2) is 0 Å². The molecule has 1 aromatic carbocycles. The number of benzene rings is 1. The summed E-state index contributed by atoms with van der Waals surface area (Å²) < 4.78 is 29.4. The Labute approximate surface area is 121 Å². The fraction of sp³-hybridized carbons (Fsp3) is 0.385. The van der Waals surface area contributed by atoms with Crippen molar-refractivity contribution in [3.05, 3.63) is 17.4 Å². The molecule has 0 radical (unpaired) electrons. The Balaban J connectivity index is 2.30. The van der Waals surface area contributed by atoms with E-state index in [4.69, 9.17) is 9.47 Å². The molecule has 0 amide bonds. The first-order valence-corrected chi connectivity index (χ1v) is 7.58. The normalized spacial score (nSPS) is 15.9. The van der Waals surface area contributed by atoms with E-state index in [2.05, 4.69) is 4.74 Å². The summed E-state index contributed by atoms with van der Waals surface area (Å²) in [6.45, 7) is 0. The van der Waals surface area contributed by atoms with Crippen molar-refractivity contribution in [3.8, 4) is 11.5 Å². The number of esters is 1. The Morgan fingerprint density at radius 2 is 2.00 bits per heavy atom. The van der Waals surface area contributed by atoms with Gasteiger partial charge in [0.2, 0.25) is 0 Å². The number of hydrogen-bond acceptors (Lipinski definition) is 5. The van der Waals surface area contributed by atoms with Crippen molar-refractivity contribution in [1.82, 2.24) is 0 Å². The topological polar surface area (TPSA) is 61.8 Å². The van der Waals surface area contributed by atoms with Crippen LogP contribution in [0.1, 0.15) is 16.8 Å². The monoisotopic (exact) mass is 348 g/mol. The Kier molecular flexibility index (Phi) is 4.30. The summed E-state index contributed by atoms with van der Waals surface area (Å²) in [6, 6.07) is 1.20. The fourth-order valence-corrected chi connectivity index (χ4v) is 4.57. The van der Waals surface area contributed by atoms with Gasteiger partial charge in [-0.2, -0.15) is 0 Å². The quantitative estimate of drug-likeness (QED) is 0.437. The molecule has 0 spiro atoms. The van der Waals surface area contributed by atoms with Crippen LogP contribution < -0.4 is 13.9 Å². The molecule has 0 saturated heterocycles. The van der Waals surface area contributed by atoms with Gasteiger partial charge in [0, 0.05) is 0 Å². The number of rotatable bonds is 5. The van der Waals surface area contributed by atoms with Crippen LogP contribution in [0.4, 0.5) is 4.39 Å². The summed E-state index contributed by atoms with van der Waals surface area (Å²) in [5.41, 5.74) is 0.316. The third-order valence-electron chi connectivity index (χ3n) is 2.95. The number of methoxy groups -OCH3 is 3. The van der Waals surface area contributed by atoms with Crippen molar-refractivity contribution in [2.75, 3.05) is 21.3 Å². The first kappa shape index (κ1) is 14.8. The van der Waals surface area contributed by atoms with E-state index in [9.17, 15) is 14.0 Å². The van der Waals surface area contributed by atoms with Gasteiger partial charge in [-0.1, -0.05) is 0 Å². The van der Waals surface area contributed by atoms with E-state index < -0.39 is 16.6 Å². The average Bonchev–Trinajstić information content (AvgIpc) is 2.39. The summed E-state index contributed by atoms with van der Waals surface area (Å²) >= 11 is -0.277. The molecule has 0 bridgehead atoms. The van der Waals surface area contributed by atoms with E-state index in [0.717, 1.165) is 0 Å². The van der Waals surface area contributed by atoms with Gasteiger partial charge in [-0.05, 0) is 0 Å². The summed E-state index contributed by atoms with van der Waals surface area (Å²) in [7, 11) is 4.11. The number of halogens is 1. The maximum absolute atomic E-state index is 14.0. The van der Waals surface area contributed by atoms with Gasteiger partial charge >= 0.3 is 121 Å². The van der Waals surface area contributed by atoms with Crippen LogP contribution in [-0.2, 0) is 14.3 Å². The van der Waals surface area contributed by atoms with Crippen LogP contribution in [0.15, 0.2) is 6.07 Å². The zero-order chi connectivity index (χ0) is 14.9. The molecule has 0 aromatic heterocycles. The minimum atomic E-state index is -0.611. The van der Waals surface area contributed by atoms with Crippen molar-refractivity contribution in [2.45, 2.75) is 11.2 Å². The first-order chi connectivity index (χ1) is 9.53. The van der Waals surface area contributed by atoms with Gasteiger partial charge in [-0.15, -0.1) is 0 Å². The van der Waals surface area contributed by atoms with Crippen LogP contribution in [0.2, 0.25) is 0 Å². The van der Waals surface area contributed by atoms with Crippen LogP contribution in [0.25, 0.3) is 0 Å². The molecular weight excluding hydrogens is 334 g/mol. The van der Waals surface area contributed by atoms with Crippen LogP contribution in [0, 0.1) is 5.82 Å². The number of hydrogen-bond donors (Lipinski definition) is 0. The van der Waals surface area contributed by atoms with Crippen molar-refractivity contribution in [3.63, 3.8) is 0 Å². The van der Waals surface area contributed by atoms with Crippen LogP contribution in [0.5, 0.6) is 11.5 Å². The molecule has 108 valence electrons. The van der Waals surface area contributed by atoms with Crippen molar-refractivity contribution >= 4 is 31.2 Å². The van der Waals surface area contributed by atoms with E-state index in [0.29, 0.717) is 21.5 Å². The van der Waals surface area contributed by atoms with Gasteiger partial charge in [0.1, 0.15) is 0 Å². The fourth-order valence-electron chi connectivity index (χ4n) is 1.96. The number of fused-ring (bicyclic) bond motifs is 1. The van der Waals surface area contributed by atoms with Gasteiger partial charge in [0.25, 0.3) is 0 Å². The molecule has 1 aromatic rings. The standard InChI is InChI=1S/C13H13FO5Se/c1-17-8-4-6(14)10-12(7(15)5-9(16)18-2)20-13(10)11(8)19-3/h4,12H,5H2,1-3H3. The predicted octanol–water partition coefficient (Wildman–Crippen LogP) is 0.359. The van der Waals surface area contributed by atoms with Crippen LogP contribution in [0.3, 0.4) is 0 Å². The number of ketones is 1. The number of carbonyl (C=O) groups is 2. The molecule has 0 fully saturated rings.